The Hall–Kier alpha value is -1.50. The molecule has 0 aromatic carbocycles. The average Bonchev–Trinajstić information content (AvgIpc) is 2.55. The van der Waals surface area contributed by atoms with Gasteiger partial charge in [-0.05, 0) is 18.8 Å². The van der Waals surface area contributed by atoms with E-state index in [1.165, 1.54) is 0 Å². The van der Waals surface area contributed by atoms with Crippen molar-refractivity contribution in [2.45, 2.75) is 33.6 Å². The molecule has 0 saturated heterocycles. The first kappa shape index (κ1) is 12.6. The van der Waals surface area contributed by atoms with Gasteiger partial charge in [-0.1, -0.05) is 13.8 Å². The number of hydrogen-bond acceptors (Lipinski definition) is 3. The summed E-state index contributed by atoms with van der Waals surface area (Å²) in [5, 5.41) is 16.1. The molecule has 0 atom stereocenters. The van der Waals surface area contributed by atoms with Crippen molar-refractivity contribution in [2.75, 3.05) is 11.9 Å². The second-order valence-electron chi connectivity index (χ2n) is 4.94. The van der Waals surface area contributed by atoms with Crippen LogP contribution in [0.4, 0.5) is 5.69 Å². The zero-order chi connectivity index (χ0) is 12.2. The van der Waals surface area contributed by atoms with Crippen LogP contribution in [0.2, 0.25) is 0 Å². The van der Waals surface area contributed by atoms with Crippen molar-refractivity contribution in [3.05, 3.63) is 11.9 Å². The van der Waals surface area contributed by atoms with E-state index in [1.807, 2.05) is 24.9 Å². The van der Waals surface area contributed by atoms with E-state index in [0.29, 0.717) is 6.42 Å². The van der Waals surface area contributed by atoms with Gasteiger partial charge in [0.15, 0.2) is 0 Å². The van der Waals surface area contributed by atoms with Gasteiger partial charge < -0.3 is 5.32 Å². The molecule has 0 saturated carbocycles. The maximum Gasteiger partial charge on any atom is 0.0756 e. The van der Waals surface area contributed by atoms with Crippen molar-refractivity contribution in [2.24, 2.45) is 12.5 Å². The lowest BCUT2D eigenvalue weighted by Crippen LogP contribution is -2.23. The molecule has 0 fully saturated rings. The van der Waals surface area contributed by atoms with E-state index < -0.39 is 0 Å². The second-order valence-corrected chi connectivity index (χ2v) is 4.94. The summed E-state index contributed by atoms with van der Waals surface area (Å²) < 4.78 is 1.85. The molecule has 16 heavy (non-hydrogen) atoms. The van der Waals surface area contributed by atoms with Gasteiger partial charge in [0.25, 0.3) is 0 Å². The SMILES string of the molecule is Cc1c(NCC(C)(C)CCC#N)cnn1C. The highest BCUT2D eigenvalue weighted by Crippen LogP contribution is 2.23. The van der Waals surface area contributed by atoms with E-state index in [4.69, 9.17) is 5.26 Å². The highest BCUT2D eigenvalue weighted by atomic mass is 15.3. The first-order chi connectivity index (χ1) is 7.46. The van der Waals surface area contributed by atoms with Crippen LogP contribution in [-0.4, -0.2) is 16.3 Å². The fraction of sp³-hybridized carbons (Fsp3) is 0.667. The summed E-state index contributed by atoms with van der Waals surface area (Å²) in [6.45, 7) is 7.24. The minimum atomic E-state index is 0.137. The van der Waals surface area contributed by atoms with Crippen molar-refractivity contribution in [3.63, 3.8) is 0 Å². The molecule has 1 aromatic heterocycles. The van der Waals surface area contributed by atoms with E-state index in [2.05, 4.69) is 30.3 Å². The molecule has 0 aliphatic carbocycles. The Morgan fingerprint density at radius 2 is 2.25 bits per heavy atom. The Morgan fingerprint density at radius 1 is 1.56 bits per heavy atom. The first-order valence-electron chi connectivity index (χ1n) is 5.56. The fourth-order valence-electron chi connectivity index (χ4n) is 1.49. The molecule has 0 radical (unpaired) electrons. The predicted molar refractivity (Wildman–Crippen MR) is 65.1 cm³/mol. The molecule has 1 aromatic rings. The molecule has 4 heteroatoms. The molecule has 4 nitrogen and oxygen atoms in total. The summed E-state index contributed by atoms with van der Waals surface area (Å²) in [4.78, 5) is 0. The smallest absolute Gasteiger partial charge is 0.0756 e. The van der Waals surface area contributed by atoms with Gasteiger partial charge in [0.05, 0.1) is 23.6 Å². The van der Waals surface area contributed by atoms with Gasteiger partial charge in [-0.25, -0.2) is 0 Å². The Bertz CT molecular complexity index is 384. The van der Waals surface area contributed by atoms with Gasteiger partial charge in [-0.15, -0.1) is 0 Å². The Labute approximate surface area is 97.3 Å². The Morgan fingerprint density at radius 3 is 2.75 bits per heavy atom. The van der Waals surface area contributed by atoms with Gasteiger partial charge in [0, 0.05) is 20.0 Å². The quantitative estimate of drug-likeness (QED) is 0.829. The van der Waals surface area contributed by atoms with E-state index in [0.717, 1.165) is 24.3 Å². The molecule has 0 aliphatic heterocycles. The zero-order valence-electron chi connectivity index (χ0n) is 10.5. The van der Waals surface area contributed by atoms with Crippen LogP contribution in [0.25, 0.3) is 0 Å². The van der Waals surface area contributed by atoms with Gasteiger partial charge in [0.1, 0.15) is 0 Å². The molecule has 0 bridgehead atoms. The third kappa shape index (κ3) is 3.27. The molecule has 88 valence electrons. The fourth-order valence-corrected chi connectivity index (χ4v) is 1.49. The van der Waals surface area contributed by atoms with Crippen molar-refractivity contribution in [1.29, 1.82) is 5.26 Å². The van der Waals surface area contributed by atoms with E-state index >= 15 is 0 Å². The molecule has 0 spiro atoms. The number of nitriles is 1. The normalized spacial score (nSPS) is 11.2. The Balaban J connectivity index is 2.51. The van der Waals surface area contributed by atoms with Gasteiger partial charge in [-0.3, -0.25) is 4.68 Å². The molecular formula is C12H20N4. The maximum atomic E-state index is 8.58. The third-order valence-corrected chi connectivity index (χ3v) is 2.91. The summed E-state index contributed by atoms with van der Waals surface area (Å²) in [6.07, 6.45) is 3.37. The summed E-state index contributed by atoms with van der Waals surface area (Å²) in [7, 11) is 1.93. The highest BCUT2D eigenvalue weighted by Gasteiger charge is 2.17. The largest absolute Gasteiger partial charge is 0.382 e. The lowest BCUT2D eigenvalue weighted by Gasteiger charge is -2.24. The number of aromatic nitrogens is 2. The summed E-state index contributed by atoms with van der Waals surface area (Å²) in [5.41, 5.74) is 2.35. The van der Waals surface area contributed by atoms with Gasteiger partial charge in [-0.2, -0.15) is 10.4 Å². The van der Waals surface area contributed by atoms with Crippen LogP contribution >= 0.6 is 0 Å². The number of anilines is 1. The minimum absolute atomic E-state index is 0.137. The summed E-state index contributed by atoms with van der Waals surface area (Å²) >= 11 is 0. The van der Waals surface area contributed by atoms with Crippen LogP contribution in [0.3, 0.4) is 0 Å². The van der Waals surface area contributed by atoms with Crippen molar-refractivity contribution in [1.82, 2.24) is 9.78 Å². The first-order valence-corrected chi connectivity index (χ1v) is 5.56. The molecule has 0 amide bonds. The van der Waals surface area contributed by atoms with E-state index in [1.54, 1.807) is 0 Å². The number of rotatable bonds is 5. The summed E-state index contributed by atoms with van der Waals surface area (Å²) in [6, 6.07) is 2.19. The van der Waals surface area contributed by atoms with Crippen LogP contribution in [0.5, 0.6) is 0 Å². The van der Waals surface area contributed by atoms with Crippen LogP contribution in [-0.2, 0) is 7.05 Å². The predicted octanol–water partition coefficient (Wildman–Crippen LogP) is 2.47. The maximum absolute atomic E-state index is 8.58. The molecular weight excluding hydrogens is 200 g/mol. The van der Waals surface area contributed by atoms with Crippen LogP contribution in [0, 0.1) is 23.7 Å². The second kappa shape index (κ2) is 5.02. The average molecular weight is 220 g/mol. The van der Waals surface area contributed by atoms with Gasteiger partial charge in [0.2, 0.25) is 0 Å². The standard InChI is InChI=1S/C12H20N4/c1-10-11(8-15-16(10)4)14-9-12(2,3)6-5-7-13/h8,14H,5-6,9H2,1-4H3. The van der Waals surface area contributed by atoms with Crippen molar-refractivity contribution >= 4 is 5.69 Å². The highest BCUT2D eigenvalue weighted by molar-refractivity contribution is 5.45. The topological polar surface area (TPSA) is 53.6 Å². The van der Waals surface area contributed by atoms with Crippen molar-refractivity contribution in [3.8, 4) is 6.07 Å². The van der Waals surface area contributed by atoms with Crippen LogP contribution in [0.15, 0.2) is 6.20 Å². The third-order valence-electron chi connectivity index (χ3n) is 2.91. The summed E-state index contributed by atoms with van der Waals surface area (Å²) in [5.74, 6) is 0. The monoisotopic (exact) mass is 220 g/mol. The number of aryl methyl sites for hydroxylation is 1. The number of hydrogen-bond donors (Lipinski definition) is 1. The molecule has 1 rings (SSSR count). The van der Waals surface area contributed by atoms with Crippen molar-refractivity contribution < 1.29 is 0 Å². The number of nitrogens with zero attached hydrogens (tertiary/aromatic N) is 3. The molecule has 0 unspecified atom stereocenters. The lowest BCUT2D eigenvalue weighted by atomic mass is 9.88. The number of nitrogens with one attached hydrogen (secondary N) is 1. The van der Waals surface area contributed by atoms with E-state index in [-0.39, 0.29) is 5.41 Å². The lowest BCUT2D eigenvalue weighted by molar-refractivity contribution is 0.363. The molecule has 1 heterocycles. The Kier molecular flexibility index (Phi) is 3.94. The minimum Gasteiger partial charge on any atom is -0.382 e. The van der Waals surface area contributed by atoms with Gasteiger partial charge >= 0.3 is 0 Å². The van der Waals surface area contributed by atoms with Crippen LogP contribution < -0.4 is 5.32 Å². The van der Waals surface area contributed by atoms with Crippen LogP contribution in [0.1, 0.15) is 32.4 Å². The zero-order valence-corrected chi connectivity index (χ0v) is 10.5. The molecule has 1 N–H and O–H groups in total. The molecule has 0 aliphatic rings. The van der Waals surface area contributed by atoms with E-state index in [9.17, 15) is 0 Å².